The molecule has 2 aromatic rings. The molecule has 0 saturated carbocycles. The predicted octanol–water partition coefficient (Wildman–Crippen LogP) is 3.58. The van der Waals surface area contributed by atoms with Crippen molar-refractivity contribution in [1.29, 1.82) is 0 Å². The number of carbonyl (C=O) groups excluding carboxylic acids is 2. The number of nitrogens with one attached hydrogen (secondary N) is 1. The van der Waals surface area contributed by atoms with Gasteiger partial charge in [0, 0.05) is 31.1 Å². The number of rotatable bonds is 12. The largest absolute Gasteiger partial charge is 0.497 e. The van der Waals surface area contributed by atoms with E-state index in [2.05, 4.69) is 5.32 Å². The summed E-state index contributed by atoms with van der Waals surface area (Å²) >= 11 is 0. The van der Waals surface area contributed by atoms with Gasteiger partial charge in [-0.3, -0.25) is 13.9 Å². The minimum Gasteiger partial charge on any atom is -0.497 e. The molecule has 0 heterocycles. The van der Waals surface area contributed by atoms with Crippen LogP contribution in [0.3, 0.4) is 0 Å². The van der Waals surface area contributed by atoms with Gasteiger partial charge in [-0.25, -0.2) is 8.42 Å². The molecule has 0 bridgehead atoms. The summed E-state index contributed by atoms with van der Waals surface area (Å²) in [5, 5.41) is 2.93. The second kappa shape index (κ2) is 12.8. The van der Waals surface area contributed by atoms with Gasteiger partial charge in [0.05, 0.1) is 26.2 Å². The van der Waals surface area contributed by atoms with E-state index in [1.165, 1.54) is 16.3 Å². The Labute approximate surface area is 220 Å². The van der Waals surface area contributed by atoms with Crippen LogP contribution in [0.2, 0.25) is 0 Å². The van der Waals surface area contributed by atoms with Gasteiger partial charge < -0.3 is 19.7 Å². The Morgan fingerprint density at radius 3 is 2.16 bits per heavy atom. The molecule has 1 atom stereocenters. The van der Waals surface area contributed by atoms with Crippen LogP contribution in [0.4, 0.5) is 5.69 Å². The molecule has 37 heavy (non-hydrogen) atoms. The van der Waals surface area contributed by atoms with Gasteiger partial charge in [0.1, 0.15) is 17.5 Å². The van der Waals surface area contributed by atoms with Gasteiger partial charge in [-0.1, -0.05) is 18.2 Å². The molecule has 0 aromatic heterocycles. The lowest BCUT2D eigenvalue weighted by Crippen LogP contribution is -2.52. The number of hydrogen-bond acceptors (Lipinski definition) is 6. The molecule has 0 fully saturated rings. The van der Waals surface area contributed by atoms with Gasteiger partial charge in [0.15, 0.2) is 0 Å². The highest BCUT2D eigenvalue weighted by Gasteiger charge is 2.28. The van der Waals surface area contributed by atoms with Gasteiger partial charge in [-0.2, -0.15) is 0 Å². The second-order valence-electron chi connectivity index (χ2n) is 9.93. The third-order valence-corrected chi connectivity index (χ3v) is 6.87. The van der Waals surface area contributed by atoms with Crippen molar-refractivity contribution in [2.75, 3.05) is 31.3 Å². The van der Waals surface area contributed by atoms with Crippen LogP contribution >= 0.6 is 0 Å². The van der Waals surface area contributed by atoms with Crippen molar-refractivity contribution in [1.82, 2.24) is 10.2 Å². The van der Waals surface area contributed by atoms with Crippen molar-refractivity contribution in [3.63, 3.8) is 0 Å². The Balaban J connectivity index is 2.20. The standard InChI is InChI=1S/C27H39N3O6S/c1-20(26(32)28-27(2,3)4)29(19-21-13-15-23(35-5)16-14-21)25(31)12-9-17-30(37(7,33)34)22-10-8-11-24(18-22)36-6/h8,10-11,13-16,18,20H,9,12,17,19H2,1-7H3,(H,28,32). The monoisotopic (exact) mass is 533 g/mol. The molecule has 0 radical (unpaired) electrons. The van der Waals surface area contributed by atoms with Crippen molar-refractivity contribution >= 4 is 27.5 Å². The first-order valence-corrected chi connectivity index (χ1v) is 14.0. The summed E-state index contributed by atoms with van der Waals surface area (Å²) in [4.78, 5) is 27.8. The average Bonchev–Trinajstić information content (AvgIpc) is 2.83. The highest BCUT2D eigenvalue weighted by atomic mass is 32.2. The number of anilines is 1. The van der Waals surface area contributed by atoms with E-state index in [1.54, 1.807) is 50.4 Å². The number of methoxy groups -OCH3 is 2. The van der Waals surface area contributed by atoms with Crippen molar-refractivity contribution in [3.05, 3.63) is 54.1 Å². The fourth-order valence-corrected chi connectivity index (χ4v) is 4.71. The number of ether oxygens (including phenoxy) is 2. The molecule has 0 aliphatic heterocycles. The van der Waals surface area contributed by atoms with Gasteiger partial charge >= 0.3 is 0 Å². The molecule has 2 aromatic carbocycles. The smallest absolute Gasteiger partial charge is 0.242 e. The zero-order valence-electron chi connectivity index (χ0n) is 22.8. The zero-order chi connectivity index (χ0) is 27.8. The van der Waals surface area contributed by atoms with Crippen molar-refractivity contribution < 1.29 is 27.5 Å². The Morgan fingerprint density at radius 2 is 1.62 bits per heavy atom. The summed E-state index contributed by atoms with van der Waals surface area (Å²) in [5.74, 6) is 0.722. The SMILES string of the molecule is COc1ccc(CN(C(=O)CCCN(c2cccc(OC)c2)S(C)(=O)=O)C(C)C(=O)NC(C)(C)C)cc1. The lowest BCUT2D eigenvalue weighted by atomic mass is 10.1. The van der Waals surface area contributed by atoms with Crippen LogP contribution in [0.1, 0.15) is 46.1 Å². The van der Waals surface area contributed by atoms with Gasteiger partial charge in [-0.15, -0.1) is 0 Å². The van der Waals surface area contributed by atoms with Crippen LogP contribution in [0.15, 0.2) is 48.5 Å². The quantitative estimate of drug-likeness (QED) is 0.447. The zero-order valence-corrected chi connectivity index (χ0v) is 23.6. The summed E-state index contributed by atoms with van der Waals surface area (Å²) in [6, 6.07) is 13.3. The van der Waals surface area contributed by atoms with Gasteiger partial charge in [0.25, 0.3) is 0 Å². The maximum Gasteiger partial charge on any atom is 0.242 e. The Kier molecular flexibility index (Phi) is 10.4. The summed E-state index contributed by atoms with van der Waals surface area (Å²) in [6.07, 6.45) is 1.47. The third kappa shape index (κ3) is 9.27. The van der Waals surface area contributed by atoms with E-state index in [0.717, 1.165) is 11.8 Å². The van der Waals surface area contributed by atoms with Gasteiger partial charge in [-0.05, 0) is 63.9 Å². The van der Waals surface area contributed by atoms with Crippen LogP contribution in [0.5, 0.6) is 11.5 Å². The molecule has 9 nitrogen and oxygen atoms in total. The maximum absolute atomic E-state index is 13.4. The number of amides is 2. The summed E-state index contributed by atoms with van der Waals surface area (Å²) in [5.41, 5.74) is 0.855. The summed E-state index contributed by atoms with van der Waals surface area (Å²) < 4.78 is 36.7. The lowest BCUT2D eigenvalue weighted by molar-refractivity contribution is -0.141. The van der Waals surface area contributed by atoms with E-state index >= 15 is 0 Å². The molecule has 0 saturated heterocycles. The van der Waals surface area contributed by atoms with E-state index < -0.39 is 21.6 Å². The number of nitrogens with zero attached hydrogens (tertiary/aromatic N) is 2. The molecule has 0 aliphatic carbocycles. The van der Waals surface area contributed by atoms with Crippen molar-refractivity contribution in [2.24, 2.45) is 0 Å². The van der Waals surface area contributed by atoms with E-state index in [0.29, 0.717) is 17.2 Å². The van der Waals surface area contributed by atoms with E-state index in [-0.39, 0.29) is 37.7 Å². The van der Waals surface area contributed by atoms with E-state index in [4.69, 9.17) is 9.47 Å². The third-order valence-electron chi connectivity index (χ3n) is 5.67. The molecule has 0 aliphatic rings. The first-order chi connectivity index (χ1) is 17.2. The molecule has 1 unspecified atom stereocenters. The predicted molar refractivity (Wildman–Crippen MR) is 145 cm³/mol. The maximum atomic E-state index is 13.4. The van der Waals surface area contributed by atoms with Crippen LogP contribution in [0, 0.1) is 0 Å². The summed E-state index contributed by atoms with van der Waals surface area (Å²) in [6.45, 7) is 7.67. The van der Waals surface area contributed by atoms with Crippen LogP contribution in [-0.4, -0.2) is 63.7 Å². The number of hydrogen-bond donors (Lipinski definition) is 1. The van der Waals surface area contributed by atoms with Crippen molar-refractivity contribution in [2.45, 2.75) is 58.7 Å². The highest BCUT2D eigenvalue weighted by molar-refractivity contribution is 7.92. The number of carbonyl (C=O) groups is 2. The molecule has 204 valence electrons. The molecule has 0 spiro atoms. The first kappa shape index (κ1) is 30.0. The number of sulfonamides is 1. The molecule has 2 amide bonds. The van der Waals surface area contributed by atoms with Crippen molar-refractivity contribution in [3.8, 4) is 11.5 Å². The summed E-state index contributed by atoms with van der Waals surface area (Å²) in [7, 11) is -0.500. The minimum absolute atomic E-state index is 0.0687. The fraction of sp³-hybridized carbons (Fsp3) is 0.481. The topological polar surface area (TPSA) is 105 Å². The Bertz CT molecular complexity index is 1160. The molecule has 2 rings (SSSR count). The van der Waals surface area contributed by atoms with E-state index in [1.807, 2.05) is 32.9 Å². The first-order valence-electron chi connectivity index (χ1n) is 12.1. The fourth-order valence-electron chi connectivity index (χ4n) is 3.75. The molecule has 10 heteroatoms. The van der Waals surface area contributed by atoms with Crippen LogP contribution in [-0.2, 0) is 26.2 Å². The molecular weight excluding hydrogens is 494 g/mol. The van der Waals surface area contributed by atoms with Gasteiger partial charge in [0.2, 0.25) is 21.8 Å². The Morgan fingerprint density at radius 1 is 1.00 bits per heavy atom. The lowest BCUT2D eigenvalue weighted by Gasteiger charge is -2.32. The normalized spacial score (nSPS) is 12.4. The highest BCUT2D eigenvalue weighted by Crippen LogP contribution is 2.24. The molecule has 1 N–H and O–H groups in total. The molecular formula is C27H39N3O6S. The average molecular weight is 534 g/mol. The number of benzene rings is 2. The van der Waals surface area contributed by atoms with Crippen LogP contribution in [0.25, 0.3) is 0 Å². The minimum atomic E-state index is -3.59. The second-order valence-corrected chi connectivity index (χ2v) is 11.8. The van der Waals surface area contributed by atoms with E-state index in [9.17, 15) is 18.0 Å². The Hall–Kier alpha value is -3.27. The van der Waals surface area contributed by atoms with Crippen LogP contribution < -0.4 is 19.1 Å².